The van der Waals surface area contributed by atoms with E-state index in [2.05, 4.69) is 404 Å². The van der Waals surface area contributed by atoms with Crippen molar-refractivity contribution in [2.75, 3.05) is 0 Å². The summed E-state index contributed by atoms with van der Waals surface area (Å²) in [6.07, 6.45) is 0. The van der Waals surface area contributed by atoms with Crippen molar-refractivity contribution in [1.82, 2.24) is 27.4 Å². The van der Waals surface area contributed by atoms with Crippen LogP contribution in [0.3, 0.4) is 0 Å². The summed E-state index contributed by atoms with van der Waals surface area (Å²) in [5.74, 6) is 0. The Hall–Kier alpha value is -15.0. The maximum Gasteiger partial charge on any atom is 0.0991 e. The lowest BCUT2D eigenvalue weighted by atomic mass is 9.80. The maximum atomic E-state index is 10.8. The van der Waals surface area contributed by atoms with E-state index in [-0.39, 0.29) is 0 Å². The van der Waals surface area contributed by atoms with E-state index in [1.807, 2.05) is 12.1 Å². The van der Waals surface area contributed by atoms with Gasteiger partial charge in [-0.25, -0.2) is 0 Å². The fourth-order valence-corrected chi connectivity index (χ4v) is 18.7. The Bertz CT molecular complexity index is 7270. The van der Waals surface area contributed by atoms with Crippen molar-refractivity contribution >= 4 is 131 Å². The molecule has 0 amide bonds. The number of nitriles is 1. The minimum absolute atomic E-state index is 0.577. The number of nitrogens with zero attached hydrogens (tertiary/aromatic N) is 7. The predicted molar refractivity (Wildman–Crippen MR) is 459 cm³/mol. The zero-order valence-corrected chi connectivity index (χ0v) is 59.5. The molecule has 23 rings (SSSR count). The molecule has 7 heteroatoms. The van der Waals surface area contributed by atoms with Crippen molar-refractivity contribution in [3.63, 3.8) is 0 Å². The molecule has 6 heterocycles. The molecule has 0 fully saturated rings. The fourth-order valence-electron chi connectivity index (χ4n) is 18.7. The molecule has 6 aromatic heterocycles. The van der Waals surface area contributed by atoms with Crippen molar-refractivity contribution < 1.29 is 0 Å². The van der Waals surface area contributed by atoms with Gasteiger partial charge < -0.3 is 27.4 Å². The average Bonchev–Trinajstić information content (AvgIpc) is 1.31. The van der Waals surface area contributed by atoms with Crippen molar-refractivity contribution in [1.29, 1.82) is 5.26 Å². The summed E-state index contributed by atoms with van der Waals surface area (Å²) in [4.78, 5) is 0. The molecule has 0 aliphatic rings. The highest BCUT2D eigenvalue weighted by Gasteiger charge is 2.34. The van der Waals surface area contributed by atoms with Gasteiger partial charge in [0.05, 0.1) is 89.2 Å². The summed E-state index contributed by atoms with van der Waals surface area (Å²) in [5, 5.41) is 24.8. The Labute approximate surface area is 631 Å². The van der Waals surface area contributed by atoms with Gasteiger partial charge in [0.2, 0.25) is 0 Å². The molecule has 7 nitrogen and oxygen atoms in total. The molecule has 0 aliphatic heterocycles. The zero-order chi connectivity index (χ0) is 72.2. The summed E-state index contributed by atoms with van der Waals surface area (Å²) in [7, 11) is 0. The summed E-state index contributed by atoms with van der Waals surface area (Å²) in [5.41, 5.74) is 28.3. The lowest BCUT2D eigenvalue weighted by molar-refractivity contribution is 1.09. The first kappa shape index (κ1) is 61.3. The SMILES string of the molecule is N#Cc1ccc(-c2c(-c3ccccc3)c(-c3ccccc3)c(-c3ccccc3)c(-n3c4ccc(-n5c6ccccc6c6ccccc65)cc4c4cc(-n5c6ccccc6c6ccccc65)ccc43)c2-n2c3ccc(-n4c5ccccc5c5ccccc54)cc3c3cc(-n4c5ccccc5c5ccccc54)ccc32)cc1. The van der Waals surface area contributed by atoms with Crippen molar-refractivity contribution in [2.45, 2.75) is 0 Å². The van der Waals surface area contributed by atoms with Crippen LogP contribution in [0.2, 0.25) is 0 Å². The molecule has 23 aromatic rings. The van der Waals surface area contributed by atoms with Gasteiger partial charge in [0, 0.05) is 110 Å². The van der Waals surface area contributed by atoms with Crippen LogP contribution in [0, 0.1) is 11.3 Å². The van der Waals surface area contributed by atoms with Crippen molar-refractivity contribution in [3.8, 4) is 84.7 Å². The first-order valence-corrected chi connectivity index (χ1v) is 37.6. The third kappa shape index (κ3) is 8.93. The molecule has 0 spiro atoms. The Morgan fingerprint density at radius 1 is 0.164 bits per heavy atom. The Kier molecular flexibility index (Phi) is 13.4. The molecule has 0 atom stereocenters. The maximum absolute atomic E-state index is 10.8. The minimum Gasteiger partial charge on any atom is -0.309 e. The van der Waals surface area contributed by atoms with Crippen LogP contribution < -0.4 is 0 Å². The smallest absolute Gasteiger partial charge is 0.0991 e. The molecule has 0 N–H and O–H groups in total. The molecule has 0 saturated carbocycles. The first-order chi connectivity index (χ1) is 54.6. The van der Waals surface area contributed by atoms with Crippen molar-refractivity contribution in [2.24, 2.45) is 0 Å². The van der Waals surface area contributed by atoms with Gasteiger partial charge in [-0.2, -0.15) is 5.26 Å². The summed E-state index contributed by atoms with van der Waals surface area (Å²) in [6.45, 7) is 0. The second-order valence-corrected chi connectivity index (χ2v) is 28.9. The third-order valence-corrected chi connectivity index (χ3v) is 23.2. The highest BCUT2D eigenvalue weighted by molar-refractivity contribution is 6.21. The normalized spacial score (nSPS) is 12.0. The van der Waals surface area contributed by atoms with Crippen LogP contribution in [0.1, 0.15) is 5.56 Å². The molecule has 0 unspecified atom stereocenters. The van der Waals surface area contributed by atoms with Crippen LogP contribution >= 0.6 is 0 Å². The van der Waals surface area contributed by atoms with Gasteiger partial charge >= 0.3 is 0 Å². The highest BCUT2D eigenvalue weighted by atomic mass is 15.1. The minimum atomic E-state index is 0.577. The van der Waals surface area contributed by atoms with Crippen molar-refractivity contribution in [3.05, 3.63) is 388 Å². The van der Waals surface area contributed by atoms with E-state index in [1.165, 1.54) is 43.1 Å². The summed E-state index contributed by atoms with van der Waals surface area (Å²) in [6, 6.07) is 143. The Morgan fingerprint density at radius 3 is 0.600 bits per heavy atom. The van der Waals surface area contributed by atoms with Crippen LogP contribution in [0.4, 0.5) is 0 Å². The molecule has 17 aromatic carbocycles. The van der Waals surface area contributed by atoms with E-state index in [1.54, 1.807) is 0 Å². The largest absolute Gasteiger partial charge is 0.309 e. The second-order valence-electron chi connectivity index (χ2n) is 28.9. The standard InChI is InChI=1S/C103H63N7/c104-64-65-48-50-69(51-49-65)101-99(67-28-6-2-7-29-67)98(66-26-4-1-5-27-66)100(68-30-8-3-9-31-68)102(109-94-56-52-70(105-86-40-18-10-32-74(86)75-33-11-19-41-87(75)105)60-82(94)83-61-71(53-57-95(83)109)106-88-42-20-12-34-76(88)77-35-13-21-43-89(77)106)103(101)110-96-58-54-72(107-90-44-22-14-36-78(90)79-37-15-23-45-91(79)107)62-84(96)85-63-73(55-59-97(85)110)108-92-46-24-16-38-80(92)81-39-17-25-47-93(81)108/h1-63H. The van der Waals surface area contributed by atoms with Crippen LogP contribution in [0.15, 0.2) is 382 Å². The van der Waals surface area contributed by atoms with Gasteiger partial charge in [0.25, 0.3) is 0 Å². The van der Waals surface area contributed by atoms with Gasteiger partial charge in [-0.3, -0.25) is 0 Å². The molecule has 0 bridgehead atoms. The third-order valence-electron chi connectivity index (χ3n) is 23.2. The van der Waals surface area contributed by atoms with Gasteiger partial charge in [0.15, 0.2) is 0 Å². The molecule has 0 saturated heterocycles. The number of fused-ring (bicyclic) bond motifs is 18. The van der Waals surface area contributed by atoms with E-state index in [4.69, 9.17) is 0 Å². The van der Waals surface area contributed by atoms with Gasteiger partial charge in [0.1, 0.15) is 0 Å². The number of rotatable bonds is 10. The van der Waals surface area contributed by atoms with E-state index < -0.39 is 0 Å². The highest BCUT2D eigenvalue weighted by Crippen LogP contribution is 2.56. The van der Waals surface area contributed by atoms with Gasteiger partial charge in [-0.15, -0.1) is 0 Å². The Morgan fingerprint density at radius 2 is 0.364 bits per heavy atom. The van der Waals surface area contributed by atoms with Crippen LogP contribution in [-0.4, -0.2) is 27.4 Å². The number of aromatic nitrogens is 6. The molecular weight excluding hydrogens is 1340 g/mol. The van der Waals surface area contributed by atoms with Gasteiger partial charge in [-0.1, -0.05) is 249 Å². The number of hydrogen-bond acceptors (Lipinski definition) is 1. The van der Waals surface area contributed by atoms with Crippen LogP contribution in [-0.2, 0) is 0 Å². The molecule has 0 aliphatic carbocycles. The Balaban J connectivity index is 0.943. The van der Waals surface area contributed by atoms with E-state index in [9.17, 15) is 5.26 Å². The topological polar surface area (TPSA) is 53.4 Å². The predicted octanol–water partition coefficient (Wildman–Crippen LogP) is 26.8. The average molecular weight is 1400 g/mol. The van der Waals surface area contributed by atoms with E-state index >= 15 is 0 Å². The van der Waals surface area contributed by atoms with Crippen LogP contribution in [0.5, 0.6) is 0 Å². The quantitative estimate of drug-likeness (QED) is 0.135. The number of benzene rings is 17. The lowest BCUT2D eigenvalue weighted by Gasteiger charge is -2.30. The fraction of sp³-hybridized carbons (Fsp3) is 0. The molecular formula is C103H63N7. The molecule has 510 valence electrons. The zero-order valence-electron chi connectivity index (χ0n) is 59.5. The van der Waals surface area contributed by atoms with Crippen LogP contribution in [0.25, 0.3) is 209 Å². The first-order valence-electron chi connectivity index (χ1n) is 37.6. The summed E-state index contributed by atoms with van der Waals surface area (Å²) >= 11 is 0. The van der Waals surface area contributed by atoms with Gasteiger partial charge in [-0.05, 0) is 156 Å². The summed E-state index contributed by atoms with van der Waals surface area (Å²) < 4.78 is 15.0. The lowest BCUT2D eigenvalue weighted by Crippen LogP contribution is -2.11. The molecule has 0 radical (unpaired) electrons. The molecule has 110 heavy (non-hydrogen) atoms. The van der Waals surface area contributed by atoms with E-state index in [0.717, 1.165) is 166 Å². The second kappa shape index (κ2) is 24.0. The van der Waals surface area contributed by atoms with E-state index in [0.29, 0.717) is 5.56 Å². The number of para-hydroxylation sites is 8. The number of hydrogen-bond donors (Lipinski definition) is 0. The monoisotopic (exact) mass is 1400 g/mol.